The molecular weight excluding hydrogens is 381 g/mol. The summed E-state index contributed by atoms with van der Waals surface area (Å²) in [7, 11) is -5.58. The minimum absolute atomic E-state index is 0.0521. The zero-order valence-corrected chi connectivity index (χ0v) is 14.3. The molecule has 0 radical (unpaired) electrons. The van der Waals surface area contributed by atoms with Gasteiger partial charge in [-0.25, -0.2) is 0 Å². The zero-order valence-electron chi connectivity index (χ0n) is 12.7. The summed E-state index contributed by atoms with van der Waals surface area (Å²) in [5.74, 6) is 0.404. The molecule has 0 aromatic heterocycles. The summed E-state index contributed by atoms with van der Waals surface area (Å²) in [6.45, 7) is 1.44. The Kier molecular flexibility index (Phi) is 5.58. The van der Waals surface area contributed by atoms with Crippen LogP contribution in [0.5, 0.6) is 5.75 Å². The monoisotopic (exact) mass is 392 g/mol. The van der Waals surface area contributed by atoms with Gasteiger partial charge >= 0.3 is 15.5 Å². The predicted octanol–water partition coefficient (Wildman–Crippen LogP) is 4.40. The quantitative estimate of drug-likeness (QED) is 0.605. The van der Waals surface area contributed by atoms with E-state index in [0.29, 0.717) is 5.75 Å². The lowest BCUT2D eigenvalue weighted by Gasteiger charge is -2.14. The van der Waals surface area contributed by atoms with Gasteiger partial charge in [0.1, 0.15) is 0 Å². The number of alkyl halides is 3. The Balaban J connectivity index is 2.35. The molecule has 0 bridgehead atoms. The second kappa shape index (κ2) is 7.32. The van der Waals surface area contributed by atoms with Crippen LogP contribution in [0.2, 0.25) is 5.02 Å². The number of nitrogens with zero attached hydrogens (tertiary/aromatic N) is 1. The van der Waals surface area contributed by atoms with Crippen LogP contribution in [0.4, 0.5) is 18.9 Å². The van der Waals surface area contributed by atoms with E-state index in [1.54, 1.807) is 30.3 Å². The number of sulfonamides is 1. The summed E-state index contributed by atoms with van der Waals surface area (Å²) in [6, 6.07) is 12.1. The lowest BCUT2D eigenvalue weighted by molar-refractivity contribution is -0.0429. The van der Waals surface area contributed by atoms with Crippen LogP contribution in [-0.2, 0) is 10.0 Å². The summed E-state index contributed by atoms with van der Waals surface area (Å²) in [6.07, 6.45) is 0. The SMILES string of the molecule is CC(=NOc1ccccc1)c1cc(Cl)ccc1NS(=O)(=O)C(F)(F)F. The highest BCUT2D eigenvalue weighted by Gasteiger charge is 2.46. The molecule has 0 aliphatic rings. The van der Waals surface area contributed by atoms with Gasteiger partial charge in [0.15, 0.2) is 5.75 Å². The molecule has 0 saturated carbocycles. The third kappa shape index (κ3) is 4.86. The standard InChI is InChI=1S/C15H12ClF3N2O3S/c1-10(20-24-12-5-3-2-4-6-12)13-9-11(16)7-8-14(13)21-25(22,23)15(17,18)19/h2-9,21H,1H3. The molecule has 25 heavy (non-hydrogen) atoms. The number of benzene rings is 2. The maximum Gasteiger partial charge on any atom is 0.516 e. The molecule has 0 heterocycles. The molecule has 0 spiro atoms. The minimum Gasteiger partial charge on any atom is -0.357 e. The second-order valence-corrected chi connectivity index (χ2v) is 6.93. The van der Waals surface area contributed by atoms with E-state index in [2.05, 4.69) is 5.16 Å². The number of hydrogen-bond donors (Lipinski definition) is 1. The highest BCUT2D eigenvalue weighted by molar-refractivity contribution is 7.93. The molecular formula is C15H12ClF3N2O3S. The first-order valence-electron chi connectivity index (χ1n) is 6.76. The third-order valence-electron chi connectivity index (χ3n) is 2.95. The molecule has 0 fully saturated rings. The van der Waals surface area contributed by atoms with E-state index >= 15 is 0 Å². The van der Waals surface area contributed by atoms with Crippen LogP contribution in [-0.4, -0.2) is 19.6 Å². The van der Waals surface area contributed by atoms with Crippen molar-refractivity contribution in [1.82, 2.24) is 0 Å². The lowest BCUT2D eigenvalue weighted by atomic mass is 10.1. The van der Waals surface area contributed by atoms with E-state index in [9.17, 15) is 21.6 Å². The van der Waals surface area contributed by atoms with Crippen LogP contribution in [0.3, 0.4) is 0 Å². The van der Waals surface area contributed by atoms with Gasteiger partial charge in [-0.15, -0.1) is 0 Å². The van der Waals surface area contributed by atoms with E-state index in [1.165, 1.54) is 23.8 Å². The van der Waals surface area contributed by atoms with Gasteiger partial charge in [0.25, 0.3) is 0 Å². The van der Waals surface area contributed by atoms with Crippen LogP contribution in [0.15, 0.2) is 53.7 Å². The van der Waals surface area contributed by atoms with E-state index in [1.807, 2.05) is 0 Å². The molecule has 10 heteroatoms. The van der Waals surface area contributed by atoms with Gasteiger partial charge in [-0.05, 0) is 37.3 Å². The fraction of sp³-hybridized carbons (Fsp3) is 0.133. The number of oxime groups is 1. The molecule has 0 saturated heterocycles. The minimum atomic E-state index is -5.58. The van der Waals surface area contributed by atoms with Gasteiger partial charge in [-0.3, -0.25) is 4.72 Å². The van der Waals surface area contributed by atoms with Crippen molar-refractivity contribution in [2.75, 3.05) is 4.72 Å². The Hall–Kier alpha value is -2.26. The summed E-state index contributed by atoms with van der Waals surface area (Å²) in [5.41, 5.74) is -5.59. The van der Waals surface area contributed by atoms with Gasteiger partial charge in [0, 0.05) is 10.6 Å². The molecule has 2 rings (SSSR count). The second-order valence-electron chi connectivity index (χ2n) is 4.82. The molecule has 0 aliphatic heterocycles. The Morgan fingerprint density at radius 2 is 1.80 bits per heavy atom. The van der Waals surface area contributed by atoms with Crippen LogP contribution < -0.4 is 9.56 Å². The van der Waals surface area contributed by atoms with Gasteiger partial charge in [0.2, 0.25) is 0 Å². The van der Waals surface area contributed by atoms with Crippen molar-refractivity contribution < 1.29 is 26.4 Å². The largest absolute Gasteiger partial charge is 0.516 e. The Bertz CT molecular complexity index is 885. The smallest absolute Gasteiger partial charge is 0.357 e. The normalized spacial score (nSPS) is 12.8. The molecule has 134 valence electrons. The molecule has 2 aromatic rings. The van der Waals surface area contributed by atoms with Crippen molar-refractivity contribution in [1.29, 1.82) is 0 Å². The average molecular weight is 393 g/mol. The Morgan fingerprint density at radius 3 is 2.40 bits per heavy atom. The van der Waals surface area contributed by atoms with Crippen LogP contribution in [0.1, 0.15) is 12.5 Å². The van der Waals surface area contributed by atoms with Crippen molar-refractivity contribution >= 4 is 33.0 Å². The van der Waals surface area contributed by atoms with Crippen LogP contribution in [0.25, 0.3) is 0 Å². The van der Waals surface area contributed by atoms with Crippen molar-refractivity contribution in [3.05, 3.63) is 59.1 Å². The summed E-state index contributed by atoms with van der Waals surface area (Å²) in [4.78, 5) is 5.16. The fourth-order valence-corrected chi connectivity index (χ4v) is 2.51. The first-order chi connectivity index (χ1) is 11.6. The number of para-hydroxylation sites is 1. The van der Waals surface area contributed by atoms with Gasteiger partial charge in [-0.1, -0.05) is 35.0 Å². The van der Waals surface area contributed by atoms with E-state index in [4.69, 9.17) is 16.4 Å². The highest BCUT2D eigenvalue weighted by Crippen LogP contribution is 2.29. The van der Waals surface area contributed by atoms with Crippen molar-refractivity contribution in [3.8, 4) is 5.75 Å². The topological polar surface area (TPSA) is 67.8 Å². The summed E-state index contributed by atoms with van der Waals surface area (Å²) in [5, 5.41) is 3.99. The third-order valence-corrected chi connectivity index (χ3v) is 4.28. The van der Waals surface area contributed by atoms with Crippen LogP contribution >= 0.6 is 11.6 Å². The first kappa shape index (κ1) is 19.1. The predicted molar refractivity (Wildman–Crippen MR) is 89.3 cm³/mol. The van der Waals surface area contributed by atoms with Gasteiger partial charge in [-0.2, -0.15) is 21.6 Å². The van der Waals surface area contributed by atoms with Crippen LogP contribution in [0, 0.1) is 0 Å². The molecule has 0 unspecified atom stereocenters. The molecule has 0 amide bonds. The molecule has 1 N–H and O–H groups in total. The summed E-state index contributed by atoms with van der Waals surface area (Å²) >= 11 is 5.84. The number of nitrogens with one attached hydrogen (secondary N) is 1. The molecule has 0 atom stereocenters. The number of rotatable bonds is 5. The molecule has 0 aliphatic carbocycles. The van der Waals surface area contributed by atoms with Crippen molar-refractivity contribution in [3.63, 3.8) is 0 Å². The lowest BCUT2D eigenvalue weighted by Crippen LogP contribution is -2.30. The Labute approximate surface area is 147 Å². The van der Waals surface area contributed by atoms with Crippen molar-refractivity contribution in [2.24, 2.45) is 5.16 Å². The Morgan fingerprint density at radius 1 is 1.16 bits per heavy atom. The molecule has 2 aromatic carbocycles. The van der Waals surface area contributed by atoms with E-state index in [0.717, 1.165) is 6.07 Å². The van der Waals surface area contributed by atoms with Crippen molar-refractivity contribution in [2.45, 2.75) is 12.4 Å². The highest BCUT2D eigenvalue weighted by atomic mass is 35.5. The van der Waals surface area contributed by atoms with Gasteiger partial charge < -0.3 is 4.84 Å². The van der Waals surface area contributed by atoms with E-state index < -0.39 is 15.5 Å². The maximum atomic E-state index is 12.6. The number of hydrogen-bond acceptors (Lipinski definition) is 4. The zero-order chi connectivity index (χ0) is 18.7. The summed E-state index contributed by atoms with van der Waals surface area (Å²) < 4.78 is 61.8. The average Bonchev–Trinajstić information content (AvgIpc) is 2.54. The molecule has 5 nitrogen and oxygen atoms in total. The first-order valence-corrected chi connectivity index (χ1v) is 8.62. The fourth-order valence-electron chi connectivity index (χ4n) is 1.76. The van der Waals surface area contributed by atoms with Gasteiger partial charge in [0.05, 0.1) is 11.4 Å². The number of anilines is 1. The number of halogens is 4. The van der Waals surface area contributed by atoms with E-state index in [-0.39, 0.29) is 22.0 Å². The maximum absolute atomic E-state index is 12.6.